The molecule has 13 heavy (non-hydrogen) atoms. The van der Waals surface area contributed by atoms with E-state index in [-0.39, 0.29) is 6.04 Å². The van der Waals surface area contributed by atoms with E-state index in [1.807, 2.05) is 6.20 Å². The van der Waals surface area contributed by atoms with E-state index in [2.05, 4.69) is 23.8 Å². The number of H-pyrrole nitrogens is 1. The monoisotopic (exact) mass is 181 g/mol. The Hall–Kier alpha value is -0.830. The van der Waals surface area contributed by atoms with Crippen LogP contribution in [0.5, 0.6) is 0 Å². The van der Waals surface area contributed by atoms with Crippen LogP contribution < -0.4 is 5.73 Å². The van der Waals surface area contributed by atoms with Crippen LogP contribution in [0.1, 0.15) is 45.0 Å². The van der Waals surface area contributed by atoms with Gasteiger partial charge in [-0.1, -0.05) is 26.7 Å². The topological polar surface area (TPSA) is 54.7 Å². The number of nitrogens with one attached hydrogen (secondary N) is 1. The molecule has 0 aliphatic rings. The predicted molar refractivity (Wildman–Crippen MR) is 54.2 cm³/mol. The molecule has 2 atom stereocenters. The Balaban J connectivity index is 2.37. The van der Waals surface area contributed by atoms with E-state index in [1.165, 1.54) is 12.8 Å². The lowest BCUT2D eigenvalue weighted by Crippen LogP contribution is -2.15. The number of nitrogens with two attached hydrogens (primary N) is 1. The molecule has 0 aromatic carbocycles. The third kappa shape index (κ3) is 3.19. The first kappa shape index (κ1) is 10.3. The molecule has 0 aliphatic carbocycles. The molecule has 0 radical (unpaired) electrons. The molecule has 0 saturated heterocycles. The first-order valence-electron chi connectivity index (χ1n) is 4.99. The standard InChI is InChI=1S/C10H19N3/c1-3-4-8(2)7-9(11)10-12-5-6-13-10/h5-6,8-9H,3-4,7,11H2,1-2H3,(H,12,13). The maximum absolute atomic E-state index is 5.98. The van der Waals surface area contributed by atoms with Crippen LogP contribution in [0.4, 0.5) is 0 Å². The summed E-state index contributed by atoms with van der Waals surface area (Å²) in [5.74, 6) is 1.59. The van der Waals surface area contributed by atoms with Crippen LogP contribution in [0.15, 0.2) is 12.4 Å². The number of imidazole rings is 1. The Morgan fingerprint density at radius 2 is 2.38 bits per heavy atom. The molecule has 2 unspecified atom stereocenters. The number of hydrogen-bond acceptors (Lipinski definition) is 2. The second-order valence-corrected chi connectivity index (χ2v) is 3.71. The summed E-state index contributed by atoms with van der Waals surface area (Å²) in [7, 11) is 0. The van der Waals surface area contributed by atoms with Crippen molar-refractivity contribution in [3.05, 3.63) is 18.2 Å². The van der Waals surface area contributed by atoms with Crippen LogP contribution in [-0.2, 0) is 0 Å². The van der Waals surface area contributed by atoms with Gasteiger partial charge >= 0.3 is 0 Å². The highest BCUT2D eigenvalue weighted by Crippen LogP contribution is 2.18. The van der Waals surface area contributed by atoms with Gasteiger partial charge in [-0.3, -0.25) is 0 Å². The Labute approximate surface area is 79.8 Å². The lowest BCUT2D eigenvalue weighted by molar-refractivity contribution is 0.432. The molecule has 74 valence electrons. The summed E-state index contributed by atoms with van der Waals surface area (Å²) in [6.07, 6.45) is 7.06. The van der Waals surface area contributed by atoms with E-state index in [9.17, 15) is 0 Å². The Kier molecular flexibility index (Phi) is 3.96. The van der Waals surface area contributed by atoms with Gasteiger partial charge in [0.1, 0.15) is 5.82 Å². The molecule has 3 nitrogen and oxygen atoms in total. The van der Waals surface area contributed by atoms with Crippen LogP contribution in [0.2, 0.25) is 0 Å². The van der Waals surface area contributed by atoms with Gasteiger partial charge in [0.25, 0.3) is 0 Å². The van der Waals surface area contributed by atoms with Crippen LogP contribution in [0.25, 0.3) is 0 Å². The van der Waals surface area contributed by atoms with Crippen molar-refractivity contribution >= 4 is 0 Å². The van der Waals surface area contributed by atoms with Crippen LogP contribution >= 0.6 is 0 Å². The zero-order valence-electron chi connectivity index (χ0n) is 8.46. The largest absolute Gasteiger partial charge is 0.347 e. The summed E-state index contributed by atoms with van der Waals surface area (Å²) in [5.41, 5.74) is 5.98. The van der Waals surface area contributed by atoms with Crippen molar-refractivity contribution in [2.24, 2.45) is 11.7 Å². The fourth-order valence-electron chi connectivity index (χ4n) is 1.64. The summed E-state index contributed by atoms with van der Waals surface area (Å²) in [6.45, 7) is 4.45. The second kappa shape index (κ2) is 5.02. The van der Waals surface area contributed by atoms with Gasteiger partial charge in [0.2, 0.25) is 0 Å². The SMILES string of the molecule is CCCC(C)CC(N)c1ncc[nH]1. The minimum Gasteiger partial charge on any atom is -0.347 e. The second-order valence-electron chi connectivity index (χ2n) is 3.71. The molecule has 1 aromatic rings. The Morgan fingerprint density at radius 3 is 2.92 bits per heavy atom. The summed E-state index contributed by atoms with van der Waals surface area (Å²) in [6, 6.07) is 0.0662. The number of aromatic amines is 1. The van der Waals surface area contributed by atoms with E-state index >= 15 is 0 Å². The summed E-state index contributed by atoms with van der Waals surface area (Å²) in [5, 5.41) is 0. The lowest BCUT2D eigenvalue weighted by atomic mass is 9.97. The summed E-state index contributed by atoms with van der Waals surface area (Å²) >= 11 is 0. The third-order valence-electron chi connectivity index (χ3n) is 2.31. The smallest absolute Gasteiger partial charge is 0.123 e. The van der Waals surface area contributed by atoms with Crippen molar-refractivity contribution in [3.63, 3.8) is 0 Å². The average Bonchev–Trinajstić information content (AvgIpc) is 2.55. The Morgan fingerprint density at radius 1 is 1.62 bits per heavy atom. The van der Waals surface area contributed by atoms with Gasteiger partial charge in [-0.2, -0.15) is 0 Å². The van der Waals surface area contributed by atoms with E-state index in [0.717, 1.165) is 12.2 Å². The number of aromatic nitrogens is 2. The van der Waals surface area contributed by atoms with Gasteiger partial charge in [0.05, 0.1) is 6.04 Å². The highest BCUT2D eigenvalue weighted by atomic mass is 14.9. The van der Waals surface area contributed by atoms with Crippen molar-refractivity contribution in [2.75, 3.05) is 0 Å². The zero-order chi connectivity index (χ0) is 9.68. The molecule has 0 bridgehead atoms. The fraction of sp³-hybridized carbons (Fsp3) is 0.700. The molecule has 1 rings (SSSR count). The van der Waals surface area contributed by atoms with Gasteiger partial charge in [0, 0.05) is 12.4 Å². The van der Waals surface area contributed by atoms with E-state index in [1.54, 1.807) is 6.20 Å². The van der Waals surface area contributed by atoms with Crippen LogP contribution in [0, 0.1) is 5.92 Å². The van der Waals surface area contributed by atoms with Gasteiger partial charge in [-0.25, -0.2) is 4.98 Å². The van der Waals surface area contributed by atoms with Gasteiger partial charge in [-0.15, -0.1) is 0 Å². The maximum atomic E-state index is 5.98. The van der Waals surface area contributed by atoms with E-state index < -0.39 is 0 Å². The quantitative estimate of drug-likeness (QED) is 0.732. The van der Waals surface area contributed by atoms with Gasteiger partial charge in [0.15, 0.2) is 0 Å². The third-order valence-corrected chi connectivity index (χ3v) is 2.31. The predicted octanol–water partition coefficient (Wildman–Crippen LogP) is 2.24. The van der Waals surface area contributed by atoms with Crippen LogP contribution in [0.3, 0.4) is 0 Å². The fourth-order valence-corrected chi connectivity index (χ4v) is 1.64. The Bertz CT molecular complexity index is 218. The molecule has 0 aliphatic heterocycles. The first-order valence-corrected chi connectivity index (χ1v) is 4.99. The minimum atomic E-state index is 0.0662. The number of hydrogen-bond donors (Lipinski definition) is 2. The van der Waals surface area contributed by atoms with Crippen molar-refractivity contribution < 1.29 is 0 Å². The molecular formula is C10H19N3. The number of rotatable bonds is 5. The normalized spacial score (nSPS) is 15.6. The first-order chi connectivity index (χ1) is 6.24. The molecule has 3 N–H and O–H groups in total. The average molecular weight is 181 g/mol. The number of nitrogens with zero attached hydrogens (tertiary/aromatic N) is 1. The molecule has 1 aromatic heterocycles. The molecular weight excluding hydrogens is 162 g/mol. The molecule has 0 fully saturated rings. The molecule has 0 amide bonds. The van der Waals surface area contributed by atoms with Crippen molar-refractivity contribution in [3.8, 4) is 0 Å². The van der Waals surface area contributed by atoms with Crippen LogP contribution in [-0.4, -0.2) is 9.97 Å². The summed E-state index contributed by atoms with van der Waals surface area (Å²) < 4.78 is 0. The van der Waals surface area contributed by atoms with Crippen molar-refractivity contribution in [1.82, 2.24) is 9.97 Å². The van der Waals surface area contributed by atoms with Crippen molar-refractivity contribution in [2.45, 2.75) is 39.2 Å². The maximum Gasteiger partial charge on any atom is 0.123 e. The highest BCUT2D eigenvalue weighted by Gasteiger charge is 2.11. The lowest BCUT2D eigenvalue weighted by Gasteiger charge is -2.14. The van der Waals surface area contributed by atoms with Gasteiger partial charge in [-0.05, 0) is 12.3 Å². The summed E-state index contributed by atoms with van der Waals surface area (Å²) in [4.78, 5) is 7.20. The highest BCUT2D eigenvalue weighted by molar-refractivity contribution is 4.94. The molecule has 1 heterocycles. The zero-order valence-corrected chi connectivity index (χ0v) is 8.46. The molecule has 3 heteroatoms. The molecule has 0 saturated carbocycles. The van der Waals surface area contributed by atoms with Crippen molar-refractivity contribution in [1.29, 1.82) is 0 Å². The minimum absolute atomic E-state index is 0.0662. The van der Waals surface area contributed by atoms with Gasteiger partial charge < -0.3 is 10.7 Å². The molecule has 0 spiro atoms. The van der Waals surface area contributed by atoms with E-state index in [0.29, 0.717) is 5.92 Å². The van der Waals surface area contributed by atoms with E-state index in [4.69, 9.17) is 5.73 Å².